The van der Waals surface area contributed by atoms with E-state index in [0.717, 1.165) is 11.8 Å². The number of rotatable bonds is 9. The fourth-order valence-corrected chi connectivity index (χ4v) is 3.35. The van der Waals surface area contributed by atoms with Crippen LogP contribution in [-0.2, 0) is 9.59 Å². The summed E-state index contributed by atoms with van der Waals surface area (Å²) < 4.78 is 19.0. The second kappa shape index (κ2) is 9.88. The van der Waals surface area contributed by atoms with E-state index < -0.39 is 11.7 Å². The maximum atomic E-state index is 13.9. The number of halogens is 1. The number of thioether (sulfide) groups is 1. The van der Waals surface area contributed by atoms with Gasteiger partial charge >= 0.3 is 0 Å². The monoisotopic (exact) mass is 429 g/mol. The number of anilines is 1. The minimum atomic E-state index is -0.502. The number of methoxy groups -OCH3 is 1. The molecule has 2 amide bonds. The van der Waals surface area contributed by atoms with E-state index >= 15 is 0 Å². The Morgan fingerprint density at radius 1 is 1.20 bits per heavy atom. The van der Waals surface area contributed by atoms with E-state index in [1.807, 2.05) is 0 Å². The van der Waals surface area contributed by atoms with Gasteiger partial charge < -0.3 is 15.4 Å². The number of primary amides is 1. The van der Waals surface area contributed by atoms with E-state index in [9.17, 15) is 14.0 Å². The Morgan fingerprint density at radius 3 is 2.60 bits per heavy atom. The molecule has 0 aliphatic heterocycles. The molecule has 0 saturated heterocycles. The van der Waals surface area contributed by atoms with Gasteiger partial charge in [-0.3, -0.25) is 14.7 Å². The predicted octanol–water partition coefficient (Wildman–Crippen LogP) is 2.62. The van der Waals surface area contributed by atoms with Gasteiger partial charge in [0.15, 0.2) is 5.82 Å². The van der Waals surface area contributed by atoms with E-state index in [2.05, 4.69) is 15.2 Å². The summed E-state index contributed by atoms with van der Waals surface area (Å²) in [5.74, 6) is -0.209. The number of nitrogens with one attached hydrogen (secondary N) is 1. The minimum Gasteiger partial charge on any atom is -0.497 e. The molecule has 3 aromatic rings. The molecule has 0 aliphatic carbocycles. The average Bonchev–Trinajstić information content (AvgIpc) is 3.21. The number of aromatic amines is 1. The Balaban J connectivity index is 1.69. The van der Waals surface area contributed by atoms with Crippen molar-refractivity contribution in [3.05, 3.63) is 54.3 Å². The molecular formula is C20H20FN5O3S. The maximum absolute atomic E-state index is 13.9. The Hall–Kier alpha value is -3.40. The molecule has 0 spiro atoms. The molecule has 0 bridgehead atoms. The Morgan fingerprint density at radius 2 is 1.93 bits per heavy atom. The van der Waals surface area contributed by atoms with Gasteiger partial charge in [-0.1, -0.05) is 23.9 Å². The van der Waals surface area contributed by atoms with Crippen molar-refractivity contribution in [2.24, 2.45) is 5.73 Å². The lowest BCUT2D eigenvalue weighted by Gasteiger charge is -2.22. The van der Waals surface area contributed by atoms with Crippen LogP contribution in [0.2, 0.25) is 0 Å². The lowest BCUT2D eigenvalue weighted by Crippen LogP contribution is -2.35. The zero-order valence-corrected chi connectivity index (χ0v) is 17.0. The molecule has 8 nitrogen and oxygen atoms in total. The molecule has 1 aromatic heterocycles. The number of carbonyl (C=O) groups excluding carboxylic acids is 2. The fourth-order valence-electron chi connectivity index (χ4n) is 2.67. The van der Waals surface area contributed by atoms with Crippen LogP contribution in [-0.4, -0.2) is 46.4 Å². The fraction of sp³-hybridized carbons (Fsp3) is 0.200. The van der Waals surface area contributed by atoms with Crippen LogP contribution in [0.5, 0.6) is 5.75 Å². The number of ether oxygens (including phenoxy) is 1. The van der Waals surface area contributed by atoms with Crippen molar-refractivity contribution in [2.75, 3.05) is 24.3 Å². The molecule has 0 aliphatic rings. The first-order valence-electron chi connectivity index (χ1n) is 9.00. The van der Waals surface area contributed by atoms with E-state index in [1.165, 1.54) is 11.0 Å². The van der Waals surface area contributed by atoms with E-state index in [4.69, 9.17) is 10.5 Å². The highest BCUT2D eigenvalue weighted by atomic mass is 32.2. The lowest BCUT2D eigenvalue weighted by atomic mass is 10.2. The number of hydrogen-bond donors (Lipinski definition) is 2. The first kappa shape index (κ1) is 21.3. The summed E-state index contributed by atoms with van der Waals surface area (Å²) in [6, 6.07) is 13.1. The summed E-state index contributed by atoms with van der Waals surface area (Å²) in [5, 5.41) is 7.02. The summed E-state index contributed by atoms with van der Waals surface area (Å²) >= 11 is 1.11. The SMILES string of the molecule is COc1ccc(N(CCC(N)=O)C(=O)CSc2n[nH]c(-c3ccccc3F)n2)cc1. The Kier molecular flexibility index (Phi) is 7.02. The molecule has 3 N–H and O–H groups in total. The van der Waals surface area contributed by atoms with Crippen molar-refractivity contribution in [3.8, 4) is 17.1 Å². The van der Waals surface area contributed by atoms with Crippen LogP contribution in [0, 0.1) is 5.82 Å². The van der Waals surface area contributed by atoms with E-state index in [0.29, 0.717) is 22.2 Å². The Labute approximate surface area is 176 Å². The van der Waals surface area contributed by atoms with Crippen molar-refractivity contribution in [1.82, 2.24) is 15.2 Å². The summed E-state index contributed by atoms with van der Waals surface area (Å²) in [7, 11) is 1.55. The molecule has 0 fully saturated rings. The third-order valence-electron chi connectivity index (χ3n) is 4.19. The van der Waals surface area contributed by atoms with Crippen LogP contribution in [0.3, 0.4) is 0 Å². The highest BCUT2D eigenvalue weighted by molar-refractivity contribution is 7.99. The van der Waals surface area contributed by atoms with Crippen molar-refractivity contribution < 1.29 is 18.7 Å². The first-order chi connectivity index (χ1) is 14.5. The van der Waals surface area contributed by atoms with Crippen LogP contribution in [0.15, 0.2) is 53.7 Å². The average molecular weight is 429 g/mol. The zero-order chi connectivity index (χ0) is 21.5. The number of hydrogen-bond acceptors (Lipinski definition) is 6. The second-order valence-electron chi connectivity index (χ2n) is 6.19. The number of benzene rings is 2. The van der Waals surface area contributed by atoms with Crippen molar-refractivity contribution in [3.63, 3.8) is 0 Å². The number of nitrogens with two attached hydrogens (primary N) is 1. The van der Waals surface area contributed by atoms with Crippen molar-refractivity contribution >= 4 is 29.3 Å². The molecule has 30 heavy (non-hydrogen) atoms. The van der Waals surface area contributed by atoms with Gasteiger partial charge in [-0.05, 0) is 36.4 Å². The largest absolute Gasteiger partial charge is 0.497 e. The molecule has 0 atom stereocenters. The number of H-pyrrole nitrogens is 1. The van der Waals surface area contributed by atoms with Crippen LogP contribution in [0.25, 0.3) is 11.4 Å². The second-order valence-corrected chi connectivity index (χ2v) is 7.14. The van der Waals surface area contributed by atoms with Crippen LogP contribution >= 0.6 is 11.8 Å². The smallest absolute Gasteiger partial charge is 0.237 e. The van der Waals surface area contributed by atoms with Gasteiger partial charge in [-0.25, -0.2) is 9.37 Å². The van der Waals surface area contributed by atoms with Crippen LogP contribution in [0.4, 0.5) is 10.1 Å². The number of amides is 2. The van der Waals surface area contributed by atoms with Crippen molar-refractivity contribution in [1.29, 1.82) is 0 Å². The van der Waals surface area contributed by atoms with Gasteiger partial charge in [-0.2, -0.15) is 0 Å². The van der Waals surface area contributed by atoms with Gasteiger partial charge in [0, 0.05) is 18.7 Å². The summed E-state index contributed by atoms with van der Waals surface area (Å²) in [4.78, 5) is 29.7. The molecule has 0 saturated carbocycles. The van der Waals surface area contributed by atoms with Gasteiger partial charge in [-0.15, -0.1) is 5.10 Å². The van der Waals surface area contributed by atoms with E-state index in [-0.39, 0.29) is 30.5 Å². The standard InChI is InChI=1S/C20H20FN5O3S/c1-29-14-8-6-13(7-9-14)26(11-10-17(22)27)18(28)12-30-20-23-19(24-25-20)15-4-2-3-5-16(15)21/h2-9H,10-12H2,1H3,(H2,22,27)(H,23,24,25). The third kappa shape index (κ3) is 5.35. The van der Waals surface area contributed by atoms with Gasteiger partial charge in [0.1, 0.15) is 11.6 Å². The predicted molar refractivity (Wildman–Crippen MR) is 112 cm³/mol. The topological polar surface area (TPSA) is 114 Å². The summed E-state index contributed by atoms with van der Waals surface area (Å²) in [5.41, 5.74) is 6.15. The normalized spacial score (nSPS) is 10.6. The minimum absolute atomic E-state index is 0.0271. The third-order valence-corrected chi connectivity index (χ3v) is 5.02. The maximum Gasteiger partial charge on any atom is 0.237 e. The molecule has 156 valence electrons. The molecule has 0 radical (unpaired) electrons. The molecule has 2 aromatic carbocycles. The van der Waals surface area contributed by atoms with Crippen LogP contribution in [0.1, 0.15) is 6.42 Å². The highest BCUT2D eigenvalue weighted by Gasteiger charge is 2.18. The Bertz CT molecular complexity index is 1030. The first-order valence-corrected chi connectivity index (χ1v) is 9.99. The molecular weight excluding hydrogens is 409 g/mol. The summed E-state index contributed by atoms with van der Waals surface area (Å²) in [6.07, 6.45) is 0.0283. The lowest BCUT2D eigenvalue weighted by molar-refractivity contribution is -0.118. The molecule has 0 unspecified atom stereocenters. The molecule has 1 heterocycles. The van der Waals surface area contributed by atoms with Gasteiger partial charge in [0.25, 0.3) is 0 Å². The number of carbonyl (C=O) groups is 2. The zero-order valence-electron chi connectivity index (χ0n) is 16.2. The number of nitrogens with zero attached hydrogens (tertiary/aromatic N) is 3. The molecule has 3 rings (SSSR count). The highest BCUT2D eigenvalue weighted by Crippen LogP contribution is 2.24. The van der Waals surface area contributed by atoms with Crippen LogP contribution < -0.4 is 15.4 Å². The quantitative estimate of drug-likeness (QED) is 0.506. The van der Waals surface area contributed by atoms with Crippen molar-refractivity contribution in [2.45, 2.75) is 11.6 Å². The van der Waals surface area contributed by atoms with Gasteiger partial charge in [0.05, 0.1) is 18.4 Å². The summed E-state index contributed by atoms with van der Waals surface area (Å²) in [6.45, 7) is 0.148. The molecule has 10 heteroatoms. The van der Waals surface area contributed by atoms with E-state index in [1.54, 1.807) is 49.6 Å². The number of aromatic nitrogens is 3. The van der Waals surface area contributed by atoms with Gasteiger partial charge in [0.2, 0.25) is 17.0 Å².